The van der Waals surface area contributed by atoms with Crippen LogP contribution in [0.4, 0.5) is 34.1 Å². The maximum absolute atomic E-state index is 11.1. The summed E-state index contributed by atoms with van der Waals surface area (Å²) in [6.07, 6.45) is 0. The largest absolute Gasteiger partial charge is 2.00 e. The molecule has 21 heteroatoms. The summed E-state index contributed by atoms with van der Waals surface area (Å²) >= 11 is 0. The van der Waals surface area contributed by atoms with Gasteiger partial charge in [0.1, 0.15) is 0 Å². The molecule has 20 nitrogen and oxygen atoms in total. The molecule has 0 heterocycles. The Morgan fingerprint density at radius 2 is 0.606 bits per heavy atom. The molecule has 0 amide bonds. The van der Waals surface area contributed by atoms with Crippen LogP contribution in [0.1, 0.15) is 0 Å². The second-order valence-electron chi connectivity index (χ2n) is 5.17. The molecule has 0 atom stereocenters. The fourth-order valence-corrected chi connectivity index (χ4v) is 1.92. The molecule has 0 saturated carbocycles. The van der Waals surface area contributed by atoms with E-state index in [0.29, 0.717) is 24.3 Å². The Labute approximate surface area is 214 Å². The number of rotatable bonds is 6. The van der Waals surface area contributed by atoms with Crippen molar-refractivity contribution in [2.75, 3.05) is 0 Å². The van der Waals surface area contributed by atoms with E-state index in [1.54, 1.807) is 0 Å². The zero-order valence-electron chi connectivity index (χ0n) is 15.4. The van der Waals surface area contributed by atoms with Gasteiger partial charge in [0.25, 0.3) is 34.1 Å². The molecule has 2 aromatic carbocycles. The van der Waals surface area contributed by atoms with Crippen molar-refractivity contribution in [2.45, 2.75) is 0 Å². The Bertz CT molecular complexity index is 1020. The van der Waals surface area contributed by atoms with E-state index in [1.165, 1.54) is 0 Å². The van der Waals surface area contributed by atoms with Crippen LogP contribution in [-0.2, 0) is 0 Å². The van der Waals surface area contributed by atoms with E-state index in [1.807, 2.05) is 0 Å². The van der Waals surface area contributed by atoms with Crippen molar-refractivity contribution >= 4 is 79.6 Å². The molecule has 2 aromatic rings. The summed E-state index contributed by atoms with van der Waals surface area (Å²) in [5, 5.41) is 84.2. The molecule has 0 unspecified atom stereocenters. The molecule has 0 aliphatic rings. The second kappa shape index (κ2) is 11.5. The van der Waals surface area contributed by atoms with E-state index in [0.717, 1.165) is 0 Å². The molecule has 0 bridgehead atoms. The minimum Gasteiger partial charge on any atom is -0.863 e. The first-order valence-electron chi connectivity index (χ1n) is 7.25. The molecular formula is C12H4N6O14Sr. The molecule has 0 N–H and O–H groups in total. The van der Waals surface area contributed by atoms with Crippen LogP contribution < -0.4 is 10.2 Å². The first kappa shape index (κ1) is 28.9. The van der Waals surface area contributed by atoms with Gasteiger partial charge in [-0.25, -0.2) is 0 Å². The van der Waals surface area contributed by atoms with Crippen molar-refractivity contribution in [3.63, 3.8) is 0 Å². The zero-order chi connectivity index (χ0) is 24.9. The van der Waals surface area contributed by atoms with Crippen molar-refractivity contribution in [3.05, 3.63) is 85.0 Å². The van der Waals surface area contributed by atoms with E-state index in [2.05, 4.69) is 0 Å². The normalized spacial score (nSPS) is 9.45. The van der Waals surface area contributed by atoms with Crippen LogP contribution >= 0.6 is 0 Å². The number of hydrogen-bond acceptors (Lipinski definition) is 14. The minimum atomic E-state index is -1.46. The third-order valence-corrected chi connectivity index (χ3v) is 3.28. The van der Waals surface area contributed by atoms with Crippen LogP contribution in [0.3, 0.4) is 0 Å². The topological polar surface area (TPSA) is 305 Å². The maximum atomic E-state index is 11.1. The SMILES string of the molecule is O=[N+]([O-])c1cc([N+](=O)[O-])c([O-])c([N+](=O)[O-])c1.O=[N+]([O-])c1cc([N+](=O)[O-])c([O-])c([N+](=O)[O-])c1.[Sr+2]. The smallest absolute Gasteiger partial charge is 0.863 e. The summed E-state index contributed by atoms with van der Waals surface area (Å²) in [5.41, 5.74) is -6.53. The van der Waals surface area contributed by atoms with Crippen LogP contribution in [0.25, 0.3) is 0 Å². The summed E-state index contributed by atoms with van der Waals surface area (Å²) in [6, 6.07) is 1.54. The minimum absolute atomic E-state index is 0. The molecule has 0 radical (unpaired) electrons. The van der Waals surface area contributed by atoms with Crippen molar-refractivity contribution in [2.24, 2.45) is 0 Å². The fraction of sp³-hybridized carbons (Fsp3) is 0. The van der Waals surface area contributed by atoms with Gasteiger partial charge in [-0.3, -0.25) is 60.7 Å². The molecule has 0 aliphatic carbocycles. The summed E-state index contributed by atoms with van der Waals surface area (Å²) in [4.78, 5) is 55.0. The van der Waals surface area contributed by atoms with E-state index in [-0.39, 0.29) is 45.5 Å². The first-order valence-corrected chi connectivity index (χ1v) is 7.25. The molecule has 0 aliphatic heterocycles. The van der Waals surface area contributed by atoms with E-state index < -0.39 is 75.2 Å². The van der Waals surface area contributed by atoms with Gasteiger partial charge in [0, 0.05) is 0 Å². The Balaban J connectivity index is 0.000000602. The van der Waals surface area contributed by atoms with Crippen molar-refractivity contribution < 1.29 is 39.8 Å². The number of nitro groups is 6. The van der Waals surface area contributed by atoms with E-state index >= 15 is 0 Å². The van der Waals surface area contributed by atoms with Gasteiger partial charge < -0.3 is 10.2 Å². The average Bonchev–Trinajstić information content (AvgIpc) is 2.67. The van der Waals surface area contributed by atoms with E-state index in [4.69, 9.17) is 0 Å². The Hall–Kier alpha value is -4.08. The zero-order valence-corrected chi connectivity index (χ0v) is 18.9. The fourth-order valence-electron chi connectivity index (χ4n) is 1.92. The van der Waals surface area contributed by atoms with Crippen LogP contribution in [0.2, 0.25) is 0 Å². The van der Waals surface area contributed by atoms with Crippen molar-refractivity contribution in [1.82, 2.24) is 0 Å². The van der Waals surface area contributed by atoms with Crippen LogP contribution in [0, 0.1) is 60.7 Å². The van der Waals surface area contributed by atoms with Gasteiger partial charge in [-0.2, -0.15) is 0 Å². The molecule has 0 saturated heterocycles. The molecule has 0 aromatic heterocycles. The van der Waals surface area contributed by atoms with Crippen LogP contribution in [0.15, 0.2) is 24.3 Å². The number of hydrogen-bond donors (Lipinski definition) is 0. The molecule has 0 fully saturated rings. The molecule has 2 rings (SSSR count). The second-order valence-corrected chi connectivity index (χ2v) is 5.17. The van der Waals surface area contributed by atoms with Gasteiger partial charge in [0.2, 0.25) is 0 Å². The third kappa shape index (κ3) is 6.96. The average molecular weight is 544 g/mol. The van der Waals surface area contributed by atoms with Gasteiger partial charge in [0.05, 0.1) is 65.3 Å². The van der Waals surface area contributed by atoms with Gasteiger partial charge >= 0.3 is 45.5 Å². The Kier molecular flexibility index (Phi) is 10.1. The third-order valence-electron chi connectivity index (χ3n) is 3.28. The van der Waals surface area contributed by atoms with Crippen LogP contribution in [0.5, 0.6) is 11.5 Å². The predicted octanol–water partition coefficient (Wildman–Crippen LogP) is 0.589. The molecule has 0 spiro atoms. The predicted molar refractivity (Wildman–Crippen MR) is 97.5 cm³/mol. The number of nitro benzene ring substituents is 6. The van der Waals surface area contributed by atoms with E-state index in [9.17, 15) is 70.9 Å². The summed E-state index contributed by atoms with van der Waals surface area (Å²) in [5.74, 6) is -2.92. The number of benzene rings is 2. The van der Waals surface area contributed by atoms with Gasteiger partial charge in [-0.1, -0.05) is 0 Å². The van der Waals surface area contributed by atoms with Gasteiger partial charge in [-0.05, 0) is 0 Å². The standard InChI is InChI=1S/2C6H3N3O7.Sr/c2*10-6-4(8(13)14)1-3(7(11)12)2-5(6)9(15)16;/h2*1-2,10H;/q;;+2/p-2. The summed E-state index contributed by atoms with van der Waals surface area (Å²) < 4.78 is 0. The van der Waals surface area contributed by atoms with Crippen molar-refractivity contribution in [3.8, 4) is 11.5 Å². The number of non-ortho nitro benzene ring substituents is 2. The van der Waals surface area contributed by atoms with Gasteiger partial charge in [-0.15, -0.1) is 0 Å². The first-order chi connectivity index (χ1) is 14.7. The Morgan fingerprint density at radius 1 is 0.424 bits per heavy atom. The quantitative estimate of drug-likeness (QED) is 0.273. The maximum Gasteiger partial charge on any atom is 2.00 e. The number of nitrogens with zero attached hydrogens (tertiary/aromatic N) is 6. The Morgan fingerprint density at radius 3 is 0.727 bits per heavy atom. The monoisotopic (exact) mass is 544 g/mol. The molecule has 168 valence electrons. The summed E-state index contributed by atoms with van der Waals surface area (Å²) in [7, 11) is 0. The van der Waals surface area contributed by atoms with Crippen molar-refractivity contribution in [1.29, 1.82) is 0 Å². The molecule has 33 heavy (non-hydrogen) atoms. The summed E-state index contributed by atoms with van der Waals surface area (Å²) in [6.45, 7) is 0. The van der Waals surface area contributed by atoms with Gasteiger partial charge in [0.15, 0.2) is 0 Å². The van der Waals surface area contributed by atoms with Crippen LogP contribution in [-0.4, -0.2) is 75.0 Å². The molecular weight excluding hydrogens is 540 g/mol.